The monoisotopic (exact) mass is 313 g/mol. The second-order valence-electron chi connectivity index (χ2n) is 4.91. The van der Waals surface area contributed by atoms with E-state index in [4.69, 9.17) is 5.11 Å². The van der Waals surface area contributed by atoms with Crippen LogP contribution in [0.2, 0.25) is 0 Å². The average Bonchev–Trinajstić information content (AvgIpc) is 2.25. The molecule has 0 fully saturated rings. The number of aliphatic carboxylic acids is 1. The number of nitrogens with one attached hydrogen (secondary N) is 3. The van der Waals surface area contributed by atoms with Crippen molar-refractivity contribution in [1.82, 2.24) is 16.0 Å². The Labute approximate surface area is 119 Å². The van der Waals surface area contributed by atoms with Crippen LogP contribution in [0.3, 0.4) is 0 Å². The molecule has 0 aromatic heterocycles. The first-order chi connectivity index (χ1) is 9.31. The summed E-state index contributed by atoms with van der Waals surface area (Å²) in [6.07, 6.45) is -5.19. The van der Waals surface area contributed by atoms with E-state index in [-0.39, 0.29) is 6.04 Å². The van der Waals surface area contributed by atoms with Crippen molar-refractivity contribution in [3.05, 3.63) is 0 Å². The number of carboxylic acid groups (broad SMARTS) is 1. The summed E-state index contributed by atoms with van der Waals surface area (Å²) >= 11 is 0. The fraction of sp³-hybridized carbons (Fsp3) is 0.727. The lowest BCUT2D eigenvalue weighted by atomic mass is 10.0. The van der Waals surface area contributed by atoms with E-state index in [1.165, 1.54) is 12.2 Å². The minimum atomic E-state index is -5.19. The SMILES string of the molecule is CC(C)NC(=O)C(C)NC(=O)NC(C)(C(=O)O)C(F)(F)F. The molecule has 0 heterocycles. The lowest BCUT2D eigenvalue weighted by Crippen LogP contribution is -2.64. The van der Waals surface area contributed by atoms with Gasteiger partial charge in [-0.3, -0.25) is 4.79 Å². The number of halogens is 3. The minimum Gasteiger partial charge on any atom is -0.479 e. The van der Waals surface area contributed by atoms with Crippen molar-refractivity contribution in [2.75, 3.05) is 0 Å². The maximum absolute atomic E-state index is 12.7. The van der Waals surface area contributed by atoms with Crippen LogP contribution in [0.5, 0.6) is 0 Å². The summed E-state index contributed by atoms with van der Waals surface area (Å²) in [5.41, 5.74) is -3.45. The molecule has 0 rings (SSSR count). The van der Waals surface area contributed by atoms with Gasteiger partial charge in [0.25, 0.3) is 0 Å². The maximum atomic E-state index is 12.7. The van der Waals surface area contributed by atoms with Crippen LogP contribution in [-0.4, -0.2) is 46.8 Å². The van der Waals surface area contributed by atoms with E-state index in [0.29, 0.717) is 6.92 Å². The van der Waals surface area contributed by atoms with E-state index >= 15 is 0 Å². The van der Waals surface area contributed by atoms with E-state index < -0.39 is 35.7 Å². The topological polar surface area (TPSA) is 108 Å². The Kier molecular flexibility index (Phi) is 6.00. The van der Waals surface area contributed by atoms with E-state index in [0.717, 1.165) is 0 Å². The summed E-state index contributed by atoms with van der Waals surface area (Å²) in [6.45, 7) is 4.89. The highest BCUT2D eigenvalue weighted by atomic mass is 19.4. The fourth-order valence-corrected chi connectivity index (χ4v) is 1.18. The highest BCUT2D eigenvalue weighted by molar-refractivity contribution is 5.90. The van der Waals surface area contributed by atoms with Gasteiger partial charge in [-0.05, 0) is 27.7 Å². The Morgan fingerprint density at radius 1 is 1.05 bits per heavy atom. The van der Waals surface area contributed by atoms with Crippen molar-refractivity contribution in [2.24, 2.45) is 0 Å². The molecule has 10 heteroatoms. The number of carbonyl (C=O) groups excluding carboxylic acids is 2. The van der Waals surface area contributed by atoms with Crippen molar-refractivity contribution in [1.29, 1.82) is 0 Å². The molecule has 0 bridgehead atoms. The number of carbonyl (C=O) groups is 3. The van der Waals surface area contributed by atoms with E-state index in [1.807, 2.05) is 5.32 Å². The number of carboxylic acids is 1. The van der Waals surface area contributed by atoms with Crippen LogP contribution in [0.15, 0.2) is 0 Å². The van der Waals surface area contributed by atoms with E-state index in [1.54, 1.807) is 13.8 Å². The second-order valence-corrected chi connectivity index (χ2v) is 4.91. The molecule has 2 unspecified atom stereocenters. The number of hydrogen-bond acceptors (Lipinski definition) is 3. The van der Waals surface area contributed by atoms with Crippen LogP contribution in [0.25, 0.3) is 0 Å². The molecule has 0 aliphatic heterocycles. The number of alkyl halides is 3. The maximum Gasteiger partial charge on any atom is 0.422 e. The third-order valence-electron chi connectivity index (χ3n) is 2.53. The van der Waals surface area contributed by atoms with Crippen molar-refractivity contribution in [2.45, 2.75) is 51.5 Å². The lowest BCUT2D eigenvalue weighted by molar-refractivity contribution is -0.203. The molecule has 0 radical (unpaired) electrons. The molecule has 0 aliphatic rings. The first kappa shape index (κ1) is 19.0. The second kappa shape index (κ2) is 6.64. The fourth-order valence-electron chi connectivity index (χ4n) is 1.18. The van der Waals surface area contributed by atoms with Gasteiger partial charge in [-0.1, -0.05) is 0 Å². The van der Waals surface area contributed by atoms with Gasteiger partial charge in [0, 0.05) is 6.04 Å². The molecule has 0 aliphatic carbocycles. The largest absolute Gasteiger partial charge is 0.479 e. The predicted octanol–water partition coefficient (Wildman–Crippen LogP) is 0.604. The molecular weight excluding hydrogens is 295 g/mol. The summed E-state index contributed by atoms with van der Waals surface area (Å²) in [6, 6.07) is -2.76. The zero-order valence-corrected chi connectivity index (χ0v) is 12.0. The smallest absolute Gasteiger partial charge is 0.422 e. The number of rotatable bonds is 5. The van der Waals surface area contributed by atoms with Crippen molar-refractivity contribution >= 4 is 17.9 Å². The molecule has 3 amide bonds. The summed E-state index contributed by atoms with van der Waals surface area (Å²) in [5, 5.41) is 14.3. The van der Waals surface area contributed by atoms with Gasteiger partial charge in [0.1, 0.15) is 6.04 Å². The first-order valence-electron chi connectivity index (χ1n) is 6.00. The number of urea groups is 1. The van der Waals surface area contributed by atoms with E-state index in [9.17, 15) is 27.6 Å². The predicted molar refractivity (Wildman–Crippen MR) is 66.5 cm³/mol. The van der Waals surface area contributed by atoms with Gasteiger partial charge < -0.3 is 21.1 Å². The van der Waals surface area contributed by atoms with Crippen LogP contribution in [0.1, 0.15) is 27.7 Å². The van der Waals surface area contributed by atoms with Crippen molar-refractivity contribution < 1.29 is 32.7 Å². The van der Waals surface area contributed by atoms with Crippen molar-refractivity contribution in [3.8, 4) is 0 Å². The Hall–Kier alpha value is -2.00. The Bertz CT molecular complexity index is 425. The van der Waals surface area contributed by atoms with E-state index in [2.05, 4.69) is 5.32 Å². The van der Waals surface area contributed by atoms with Gasteiger partial charge in [-0.2, -0.15) is 13.2 Å². The van der Waals surface area contributed by atoms with Gasteiger partial charge in [0.15, 0.2) is 0 Å². The lowest BCUT2D eigenvalue weighted by Gasteiger charge is -2.29. The van der Waals surface area contributed by atoms with Crippen LogP contribution in [0, 0.1) is 0 Å². The van der Waals surface area contributed by atoms with Crippen LogP contribution >= 0.6 is 0 Å². The van der Waals surface area contributed by atoms with Crippen LogP contribution in [-0.2, 0) is 9.59 Å². The molecule has 122 valence electrons. The quantitative estimate of drug-likeness (QED) is 0.596. The highest BCUT2D eigenvalue weighted by Gasteiger charge is 2.58. The Morgan fingerprint density at radius 3 is 1.86 bits per heavy atom. The van der Waals surface area contributed by atoms with Crippen LogP contribution < -0.4 is 16.0 Å². The van der Waals surface area contributed by atoms with Gasteiger partial charge in [0.05, 0.1) is 0 Å². The average molecular weight is 313 g/mol. The Balaban J connectivity index is 4.82. The van der Waals surface area contributed by atoms with Crippen LogP contribution in [0.4, 0.5) is 18.0 Å². The Morgan fingerprint density at radius 2 is 1.52 bits per heavy atom. The standard InChI is InChI=1S/C11H18F3N3O4/c1-5(2)15-7(18)6(3)16-9(21)17-10(4,8(19)20)11(12,13)14/h5-6H,1-4H3,(H,15,18)(H,19,20)(H2,16,17,21). The molecule has 0 spiro atoms. The summed E-state index contributed by atoms with van der Waals surface area (Å²) in [5.74, 6) is -2.87. The molecule has 4 N–H and O–H groups in total. The molecule has 2 atom stereocenters. The molecule has 21 heavy (non-hydrogen) atoms. The molecular formula is C11H18F3N3O4. The summed E-state index contributed by atoms with van der Waals surface area (Å²) < 4.78 is 38.0. The van der Waals surface area contributed by atoms with Gasteiger partial charge in [0.2, 0.25) is 11.4 Å². The van der Waals surface area contributed by atoms with Crippen molar-refractivity contribution in [3.63, 3.8) is 0 Å². The summed E-state index contributed by atoms with van der Waals surface area (Å²) in [7, 11) is 0. The third kappa shape index (κ3) is 5.12. The van der Waals surface area contributed by atoms with Gasteiger partial charge in [-0.25, -0.2) is 9.59 Å². The zero-order valence-electron chi connectivity index (χ0n) is 12.0. The van der Waals surface area contributed by atoms with Gasteiger partial charge >= 0.3 is 18.2 Å². The normalized spacial score (nSPS) is 15.8. The molecule has 7 nitrogen and oxygen atoms in total. The molecule has 0 saturated carbocycles. The summed E-state index contributed by atoms with van der Waals surface area (Å²) in [4.78, 5) is 33.7. The highest BCUT2D eigenvalue weighted by Crippen LogP contribution is 2.30. The number of amides is 3. The zero-order chi connectivity index (χ0) is 17.0. The number of hydrogen-bond donors (Lipinski definition) is 4. The molecule has 0 saturated heterocycles. The minimum absolute atomic E-state index is 0.218. The third-order valence-corrected chi connectivity index (χ3v) is 2.53. The molecule has 0 aromatic rings. The first-order valence-corrected chi connectivity index (χ1v) is 6.00. The molecule has 0 aromatic carbocycles. The van der Waals surface area contributed by atoms with Gasteiger partial charge in [-0.15, -0.1) is 0 Å².